The van der Waals surface area contributed by atoms with Gasteiger partial charge < -0.3 is 9.84 Å². The summed E-state index contributed by atoms with van der Waals surface area (Å²) in [4.78, 5) is 11.4. The Morgan fingerprint density at radius 2 is 1.87 bits per heavy atom. The summed E-state index contributed by atoms with van der Waals surface area (Å²) in [6, 6.07) is 17.4. The van der Waals surface area contributed by atoms with Crippen LogP contribution in [0.2, 0.25) is 0 Å². The molecular weight excluding hydrogens is 292 g/mol. The molecule has 0 saturated heterocycles. The first-order valence-electron chi connectivity index (χ1n) is 7.39. The Morgan fingerprint density at radius 1 is 1.17 bits per heavy atom. The van der Waals surface area contributed by atoms with Crippen LogP contribution in [0, 0.1) is 0 Å². The number of aliphatic hydroxyl groups is 1. The van der Waals surface area contributed by atoms with Crippen molar-refractivity contribution in [2.75, 3.05) is 13.2 Å². The molecule has 2 aromatic carbocycles. The number of para-hydroxylation sites is 1. The highest BCUT2D eigenvalue weighted by molar-refractivity contribution is 5.84. The fourth-order valence-electron chi connectivity index (χ4n) is 1.98. The van der Waals surface area contributed by atoms with E-state index in [9.17, 15) is 4.79 Å². The number of hydrazone groups is 1. The standard InChI is InChI=1S/C18H20N2O3/c1-15(22)20(11-12-21)19-13-17-9-5-6-10-18(17)23-14-16-7-3-2-4-8-16/h2-10,13,21H,11-12,14H2,1H3/b19-13+. The average molecular weight is 312 g/mol. The molecule has 0 unspecified atom stereocenters. The lowest BCUT2D eigenvalue weighted by atomic mass is 10.2. The maximum Gasteiger partial charge on any atom is 0.239 e. The molecule has 1 amide bonds. The van der Waals surface area contributed by atoms with Gasteiger partial charge in [0.25, 0.3) is 0 Å². The molecule has 0 bridgehead atoms. The quantitative estimate of drug-likeness (QED) is 0.631. The van der Waals surface area contributed by atoms with Gasteiger partial charge in [-0.05, 0) is 17.7 Å². The lowest BCUT2D eigenvalue weighted by Crippen LogP contribution is -2.26. The van der Waals surface area contributed by atoms with Crippen molar-refractivity contribution in [3.63, 3.8) is 0 Å². The number of carbonyl (C=O) groups excluding carboxylic acids is 1. The van der Waals surface area contributed by atoms with E-state index in [2.05, 4.69) is 5.10 Å². The molecule has 0 aliphatic rings. The molecule has 0 aliphatic carbocycles. The van der Waals surface area contributed by atoms with Crippen LogP contribution in [0.25, 0.3) is 0 Å². The van der Waals surface area contributed by atoms with E-state index in [1.54, 1.807) is 6.21 Å². The highest BCUT2D eigenvalue weighted by Crippen LogP contribution is 2.17. The van der Waals surface area contributed by atoms with Crippen LogP contribution in [0.15, 0.2) is 59.7 Å². The number of hydrogen-bond acceptors (Lipinski definition) is 4. The summed E-state index contributed by atoms with van der Waals surface area (Å²) >= 11 is 0. The molecule has 120 valence electrons. The zero-order valence-corrected chi connectivity index (χ0v) is 13.1. The van der Waals surface area contributed by atoms with Crippen LogP contribution in [0.5, 0.6) is 5.75 Å². The number of rotatable bonds is 7. The third-order valence-electron chi connectivity index (χ3n) is 3.17. The van der Waals surface area contributed by atoms with E-state index < -0.39 is 0 Å². The molecule has 0 aliphatic heterocycles. The summed E-state index contributed by atoms with van der Waals surface area (Å²) in [5.74, 6) is 0.464. The minimum atomic E-state index is -0.224. The molecular formula is C18H20N2O3. The Bertz CT molecular complexity index is 656. The Hall–Kier alpha value is -2.66. The van der Waals surface area contributed by atoms with Gasteiger partial charge in [-0.15, -0.1) is 0 Å². The minimum Gasteiger partial charge on any atom is -0.488 e. The Kier molecular flexibility index (Phi) is 6.32. The molecule has 0 saturated carbocycles. The van der Waals surface area contributed by atoms with Crippen molar-refractivity contribution in [2.24, 2.45) is 5.10 Å². The first-order chi connectivity index (χ1) is 11.2. The molecule has 0 spiro atoms. The van der Waals surface area contributed by atoms with Gasteiger partial charge in [-0.3, -0.25) is 4.79 Å². The molecule has 0 atom stereocenters. The van der Waals surface area contributed by atoms with Crippen molar-refractivity contribution in [2.45, 2.75) is 13.5 Å². The Morgan fingerprint density at radius 3 is 2.57 bits per heavy atom. The zero-order valence-electron chi connectivity index (χ0n) is 13.1. The Labute approximate surface area is 135 Å². The van der Waals surface area contributed by atoms with Crippen LogP contribution < -0.4 is 4.74 Å². The lowest BCUT2D eigenvalue weighted by molar-refractivity contribution is -0.129. The number of benzene rings is 2. The van der Waals surface area contributed by atoms with Crippen molar-refractivity contribution in [1.82, 2.24) is 5.01 Å². The van der Waals surface area contributed by atoms with Crippen molar-refractivity contribution in [3.05, 3.63) is 65.7 Å². The topological polar surface area (TPSA) is 62.1 Å². The molecule has 0 aromatic heterocycles. The minimum absolute atomic E-state index is 0.136. The second-order valence-electron chi connectivity index (χ2n) is 4.92. The molecule has 2 aromatic rings. The van der Waals surface area contributed by atoms with Gasteiger partial charge in [-0.2, -0.15) is 5.10 Å². The maximum atomic E-state index is 11.4. The molecule has 0 heterocycles. The van der Waals surface area contributed by atoms with Gasteiger partial charge in [-0.1, -0.05) is 42.5 Å². The van der Waals surface area contributed by atoms with Crippen LogP contribution in [0.1, 0.15) is 18.1 Å². The predicted octanol–water partition coefficient (Wildman–Crippen LogP) is 2.44. The molecule has 5 nitrogen and oxygen atoms in total. The van der Waals surface area contributed by atoms with E-state index in [4.69, 9.17) is 9.84 Å². The predicted molar refractivity (Wildman–Crippen MR) is 89.3 cm³/mol. The third kappa shape index (κ3) is 5.23. The summed E-state index contributed by atoms with van der Waals surface area (Å²) in [6.45, 7) is 1.89. The van der Waals surface area contributed by atoms with Gasteiger partial charge >= 0.3 is 0 Å². The average Bonchev–Trinajstić information content (AvgIpc) is 2.58. The summed E-state index contributed by atoms with van der Waals surface area (Å²) in [5.41, 5.74) is 1.84. The summed E-state index contributed by atoms with van der Waals surface area (Å²) in [6.07, 6.45) is 1.57. The molecule has 23 heavy (non-hydrogen) atoms. The molecule has 0 fully saturated rings. The maximum absolute atomic E-state index is 11.4. The number of ether oxygens (including phenoxy) is 1. The van der Waals surface area contributed by atoms with E-state index in [1.807, 2.05) is 54.6 Å². The monoisotopic (exact) mass is 312 g/mol. The second kappa shape index (κ2) is 8.70. The zero-order chi connectivity index (χ0) is 16.5. The van der Waals surface area contributed by atoms with Crippen LogP contribution in [0.3, 0.4) is 0 Å². The number of aliphatic hydroxyl groups excluding tert-OH is 1. The van der Waals surface area contributed by atoms with Gasteiger partial charge in [0.05, 0.1) is 19.4 Å². The highest BCUT2D eigenvalue weighted by atomic mass is 16.5. The summed E-state index contributed by atoms with van der Waals surface area (Å²) in [5, 5.41) is 14.3. The van der Waals surface area contributed by atoms with Gasteiger partial charge in [0.1, 0.15) is 12.4 Å². The van der Waals surface area contributed by atoms with Gasteiger partial charge in [0, 0.05) is 12.5 Å². The van der Waals surface area contributed by atoms with Crippen molar-refractivity contribution in [3.8, 4) is 5.75 Å². The van der Waals surface area contributed by atoms with Crippen LogP contribution in [-0.2, 0) is 11.4 Å². The molecule has 5 heteroatoms. The fourth-order valence-corrected chi connectivity index (χ4v) is 1.98. The van der Waals surface area contributed by atoms with E-state index in [0.717, 1.165) is 11.1 Å². The van der Waals surface area contributed by atoms with E-state index in [0.29, 0.717) is 12.4 Å². The molecule has 1 N–H and O–H groups in total. The van der Waals surface area contributed by atoms with Gasteiger partial charge in [0.15, 0.2) is 0 Å². The smallest absolute Gasteiger partial charge is 0.239 e. The second-order valence-corrected chi connectivity index (χ2v) is 4.92. The van der Waals surface area contributed by atoms with E-state index in [1.165, 1.54) is 11.9 Å². The van der Waals surface area contributed by atoms with E-state index in [-0.39, 0.29) is 19.1 Å². The first-order valence-corrected chi connectivity index (χ1v) is 7.39. The number of nitrogens with zero attached hydrogens (tertiary/aromatic N) is 2. The van der Waals surface area contributed by atoms with Gasteiger partial charge in [0.2, 0.25) is 5.91 Å². The van der Waals surface area contributed by atoms with Crippen LogP contribution in [-0.4, -0.2) is 35.4 Å². The first kappa shape index (κ1) is 16.7. The fraction of sp³-hybridized carbons (Fsp3) is 0.222. The normalized spacial score (nSPS) is 10.7. The number of hydrogen-bond donors (Lipinski definition) is 1. The third-order valence-corrected chi connectivity index (χ3v) is 3.17. The van der Waals surface area contributed by atoms with Gasteiger partial charge in [-0.25, -0.2) is 5.01 Å². The Balaban J connectivity index is 2.09. The largest absolute Gasteiger partial charge is 0.488 e. The lowest BCUT2D eigenvalue weighted by Gasteiger charge is -2.13. The highest BCUT2D eigenvalue weighted by Gasteiger charge is 2.06. The molecule has 0 radical (unpaired) electrons. The van der Waals surface area contributed by atoms with E-state index >= 15 is 0 Å². The molecule has 2 rings (SSSR count). The van der Waals surface area contributed by atoms with Crippen molar-refractivity contribution >= 4 is 12.1 Å². The van der Waals surface area contributed by atoms with Crippen molar-refractivity contribution in [1.29, 1.82) is 0 Å². The van der Waals surface area contributed by atoms with Crippen LogP contribution >= 0.6 is 0 Å². The summed E-state index contributed by atoms with van der Waals surface area (Å²) in [7, 11) is 0. The van der Waals surface area contributed by atoms with Crippen molar-refractivity contribution < 1.29 is 14.6 Å². The number of amides is 1. The number of carbonyl (C=O) groups is 1. The van der Waals surface area contributed by atoms with Crippen LogP contribution in [0.4, 0.5) is 0 Å². The summed E-state index contributed by atoms with van der Waals surface area (Å²) < 4.78 is 5.83. The SMILES string of the molecule is CC(=O)N(CCO)/N=C/c1ccccc1OCc1ccccc1.